The largest absolute Gasteiger partial charge is 0.339 e. The summed E-state index contributed by atoms with van der Waals surface area (Å²) in [6.07, 6.45) is 4.54. The highest BCUT2D eigenvalue weighted by Gasteiger charge is 2.31. The maximum absolute atomic E-state index is 12.7. The Hall–Kier alpha value is -1.35. The number of nitrogens with one attached hydrogen (secondary N) is 1. The Bertz CT molecular complexity index is 468. The standard InChI is InChI=1S/C18H26N2O/c1-2-3-14-4-6-15(7-5-14)18(21)20-10-8-16-12-19-13-17(16)9-11-20/h4-7,16-17,19H,2-3,8-13H2,1H3/t16-,17+. The molecule has 3 rings (SSSR count). The molecule has 0 bridgehead atoms. The number of hydrogen-bond donors (Lipinski definition) is 1. The quantitative estimate of drug-likeness (QED) is 0.926. The highest BCUT2D eigenvalue weighted by atomic mass is 16.2. The predicted molar refractivity (Wildman–Crippen MR) is 85.4 cm³/mol. The van der Waals surface area contributed by atoms with Crippen LogP contribution in [0.1, 0.15) is 42.1 Å². The van der Waals surface area contributed by atoms with Gasteiger partial charge >= 0.3 is 0 Å². The van der Waals surface area contributed by atoms with Gasteiger partial charge in [-0.15, -0.1) is 0 Å². The molecule has 3 heteroatoms. The fraction of sp³-hybridized carbons (Fsp3) is 0.611. The fourth-order valence-electron chi connectivity index (χ4n) is 3.71. The number of likely N-dealkylation sites (tertiary alicyclic amines) is 1. The average molecular weight is 286 g/mol. The zero-order valence-corrected chi connectivity index (χ0v) is 13.0. The predicted octanol–water partition coefficient (Wildman–Crippen LogP) is 2.71. The summed E-state index contributed by atoms with van der Waals surface area (Å²) in [7, 11) is 0. The normalized spacial score (nSPS) is 25.5. The Morgan fingerprint density at radius 3 is 2.33 bits per heavy atom. The molecular formula is C18H26N2O. The van der Waals surface area contributed by atoms with Crippen molar-refractivity contribution < 1.29 is 4.79 Å². The summed E-state index contributed by atoms with van der Waals surface area (Å²) >= 11 is 0. The summed E-state index contributed by atoms with van der Waals surface area (Å²) in [5, 5.41) is 3.48. The van der Waals surface area contributed by atoms with Gasteiger partial charge in [0.15, 0.2) is 0 Å². The van der Waals surface area contributed by atoms with Crippen LogP contribution in [0.4, 0.5) is 0 Å². The van der Waals surface area contributed by atoms with Crippen molar-refractivity contribution in [3.05, 3.63) is 35.4 Å². The minimum atomic E-state index is 0.214. The molecule has 0 radical (unpaired) electrons. The van der Waals surface area contributed by atoms with Gasteiger partial charge in [-0.05, 0) is 61.9 Å². The molecular weight excluding hydrogens is 260 g/mol. The van der Waals surface area contributed by atoms with Gasteiger partial charge in [0.05, 0.1) is 0 Å². The molecule has 2 fully saturated rings. The van der Waals surface area contributed by atoms with Crippen molar-refractivity contribution in [1.29, 1.82) is 0 Å². The van der Waals surface area contributed by atoms with Crippen LogP contribution >= 0.6 is 0 Å². The van der Waals surface area contributed by atoms with E-state index in [1.807, 2.05) is 12.1 Å². The Kier molecular flexibility index (Phi) is 4.59. The van der Waals surface area contributed by atoms with Crippen LogP contribution in [-0.2, 0) is 6.42 Å². The first kappa shape index (κ1) is 14.6. The minimum absolute atomic E-state index is 0.214. The highest BCUT2D eigenvalue weighted by molar-refractivity contribution is 5.94. The number of hydrogen-bond acceptors (Lipinski definition) is 2. The van der Waals surface area contributed by atoms with E-state index >= 15 is 0 Å². The van der Waals surface area contributed by atoms with Gasteiger partial charge in [-0.2, -0.15) is 0 Å². The molecule has 2 saturated heterocycles. The highest BCUT2D eigenvalue weighted by Crippen LogP contribution is 2.27. The molecule has 21 heavy (non-hydrogen) atoms. The lowest BCUT2D eigenvalue weighted by molar-refractivity contribution is 0.0758. The summed E-state index contributed by atoms with van der Waals surface area (Å²) < 4.78 is 0. The van der Waals surface area contributed by atoms with Crippen molar-refractivity contribution >= 4 is 5.91 Å². The third-order valence-corrected chi connectivity index (χ3v) is 5.05. The van der Waals surface area contributed by atoms with E-state index in [1.54, 1.807) is 0 Å². The molecule has 2 heterocycles. The van der Waals surface area contributed by atoms with Gasteiger partial charge in [-0.25, -0.2) is 0 Å². The van der Waals surface area contributed by atoms with Crippen molar-refractivity contribution in [1.82, 2.24) is 10.2 Å². The second-order valence-electron chi connectivity index (χ2n) is 6.49. The average Bonchev–Trinajstić information content (AvgIpc) is 2.86. The van der Waals surface area contributed by atoms with Crippen molar-refractivity contribution in [3.63, 3.8) is 0 Å². The second-order valence-corrected chi connectivity index (χ2v) is 6.49. The molecule has 1 aromatic rings. The molecule has 2 aliphatic rings. The van der Waals surface area contributed by atoms with E-state index in [0.717, 1.165) is 69.3 Å². The molecule has 0 unspecified atom stereocenters. The van der Waals surface area contributed by atoms with Crippen LogP contribution in [0.5, 0.6) is 0 Å². The van der Waals surface area contributed by atoms with Crippen LogP contribution in [0.15, 0.2) is 24.3 Å². The Morgan fingerprint density at radius 2 is 1.76 bits per heavy atom. The Balaban J connectivity index is 1.64. The van der Waals surface area contributed by atoms with Gasteiger partial charge in [0.1, 0.15) is 0 Å². The van der Waals surface area contributed by atoms with Crippen LogP contribution in [-0.4, -0.2) is 37.0 Å². The molecule has 1 amide bonds. The number of carbonyl (C=O) groups excluding carboxylic acids is 1. The Morgan fingerprint density at radius 1 is 1.14 bits per heavy atom. The first-order valence-corrected chi connectivity index (χ1v) is 8.37. The smallest absolute Gasteiger partial charge is 0.253 e. The third-order valence-electron chi connectivity index (χ3n) is 5.05. The van der Waals surface area contributed by atoms with Gasteiger partial charge in [0.2, 0.25) is 0 Å². The van der Waals surface area contributed by atoms with Gasteiger partial charge in [-0.3, -0.25) is 4.79 Å². The van der Waals surface area contributed by atoms with Gasteiger partial charge < -0.3 is 10.2 Å². The van der Waals surface area contributed by atoms with Crippen molar-refractivity contribution in [3.8, 4) is 0 Å². The number of carbonyl (C=O) groups is 1. The van der Waals surface area contributed by atoms with Crippen LogP contribution in [0.3, 0.4) is 0 Å². The first-order chi connectivity index (χ1) is 10.3. The van der Waals surface area contributed by atoms with E-state index in [-0.39, 0.29) is 5.91 Å². The zero-order valence-electron chi connectivity index (χ0n) is 13.0. The molecule has 1 aromatic carbocycles. The lowest BCUT2D eigenvalue weighted by Crippen LogP contribution is -2.32. The van der Waals surface area contributed by atoms with E-state index in [9.17, 15) is 4.79 Å². The SMILES string of the molecule is CCCc1ccc(C(=O)N2CC[C@@H]3CNC[C@@H]3CC2)cc1. The number of nitrogens with zero attached hydrogens (tertiary/aromatic N) is 1. The summed E-state index contributed by atoms with van der Waals surface area (Å²) in [4.78, 5) is 14.7. The van der Waals surface area contributed by atoms with E-state index in [1.165, 1.54) is 5.56 Å². The number of rotatable bonds is 3. The van der Waals surface area contributed by atoms with Gasteiger partial charge in [0.25, 0.3) is 5.91 Å². The Labute approximate surface area is 127 Å². The molecule has 2 aliphatic heterocycles. The van der Waals surface area contributed by atoms with Crippen LogP contribution in [0.2, 0.25) is 0 Å². The van der Waals surface area contributed by atoms with Crippen LogP contribution in [0, 0.1) is 11.8 Å². The zero-order chi connectivity index (χ0) is 14.7. The second kappa shape index (κ2) is 6.61. The maximum Gasteiger partial charge on any atom is 0.253 e. The minimum Gasteiger partial charge on any atom is -0.339 e. The molecule has 0 spiro atoms. The van der Waals surface area contributed by atoms with E-state index in [0.29, 0.717) is 0 Å². The van der Waals surface area contributed by atoms with E-state index in [4.69, 9.17) is 0 Å². The summed E-state index contributed by atoms with van der Waals surface area (Å²) in [5.41, 5.74) is 2.17. The summed E-state index contributed by atoms with van der Waals surface area (Å²) in [6.45, 7) is 6.29. The van der Waals surface area contributed by atoms with Crippen LogP contribution < -0.4 is 5.32 Å². The fourth-order valence-corrected chi connectivity index (χ4v) is 3.71. The lowest BCUT2D eigenvalue weighted by atomic mass is 9.92. The number of amides is 1. The topological polar surface area (TPSA) is 32.3 Å². The van der Waals surface area contributed by atoms with Crippen molar-refractivity contribution in [2.24, 2.45) is 11.8 Å². The van der Waals surface area contributed by atoms with Crippen molar-refractivity contribution in [2.45, 2.75) is 32.6 Å². The van der Waals surface area contributed by atoms with Crippen molar-refractivity contribution in [2.75, 3.05) is 26.2 Å². The van der Waals surface area contributed by atoms with Crippen LogP contribution in [0.25, 0.3) is 0 Å². The molecule has 114 valence electrons. The molecule has 0 aliphatic carbocycles. The molecule has 3 nitrogen and oxygen atoms in total. The third kappa shape index (κ3) is 3.29. The monoisotopic (exact) mass is 286 g/mol. The number of benzene rings is 1. The number of aryl methyl sites for hydroxylation is 1. The van der Waals surface area contributed by atoms with Gasteiger partial charge in [0, 0.05) is 18.7 Å². The number of fused-ring (bicyclic) bond motifs is 1. The summed E-state index contributed by atoms with van der Waals surface area (Å²) in [6, 6.07) is 8.21. The molecule has 1 N–H and O–H groups in total. The molecule has 2 atom stereocenters. The summed E-state index contributed by atoms with van der Waals surface area (Å²) in [5.74, 6) is 1.76. The molecule has 0 aromatic heterocycles. The van der Waals surface area contributed by atoms with E-state index < -0.39 is 0 Å². The molecule has 0 saturated carbocycles. The van der Waals surface area contributed by atoms with Gasteiger partial charge in [-0.1, -0.05) is 25.5 Å². The van der Waals surface area contributed by atoms with E-state index in [2.05, 4.69) is 29.3 Å². The maximum atomic E-state index is 12.7. The first-order valence-electron chi connectivity index (χ1n) is 8.37. The lowest BCUT2D eigenvalue weighted by Gasteiger charge is -2.21.